The van der Waals surface area contributed by atoms with Gasteiger partial charge in [0.25, 0.3) is 5.91 Å². The summed E-state index contributed by atoms with van der Waals surface area (Å²) in [7, 11) is 0. The third-order valence-corrected chi connectivity index (χ3v) is 5.80. The van der Waals surface area contributed by atoms with Crippen molar-refractivity contribution < 1.29 is 23.5 Å². The van der Waals surface area contributed by atoms with Gasteiger partial charge < -0.3 is 24.1 Å². The molecule has 0 unspecified atom stereocenters. The summed E-state index contributed by atoms with van der Waals surface area (Å²) in [6, 6.07) is 5.41. The predicted octanol–water partition coefficient (Wildman–Crippen LogP) is 3.52. The molecule has 0 radical (unpaired) electrons. The molecular weight excluding hydrogens is 406 g/mol. The molecule has 0 bridgehead atoms. The minimum Gasteiger partial charge on any atom is -0.462 e. The summed E-state index contributed by atoms with van der Waals surface area (Å²) in [5.41, 5.74) is 0.936. The number of nitrogens with one attached hydrogen (secondary N) is 1. The number of amides is 1. The zero-order valence-electron chi connectivity index (χ0n) is 17.1. The van der Waals surface area contributed by atoms with Crippen LogP contribution in [-0.2, 0) is 14.3 Å². The SMILES string of the molecule is CCOC(=O)c1c(NC(=O)C(C#N)=Cc2ccc(N3CCOCC3)o2)sc(C)c1C. The summed E-state index contributed by atoms with van der Waals surface area (Å²) in [4.78, 5) is 27.9. The fourth-order valence-corrected chi connectivity index (χ4v) is 4.04. The molecule has 158 valence electrons. The van der Waals surface area contributed by atoms with E-state index in [-0.39, 0.29) is 12.2 Å². The normalized spacial score (nSPS) is 14.3. The largest absolute Gasteiger partial charge is 0.462 e. The molecule has 2 aromatic rings. The van der Waals surface area contributed by atoms with Gasteiger partial charge in [0.15, 0.2) is 5.88 Å². The average Bonchev–Trinajstić information content (AvgIpc) is 3.31. The number of hydrogen-bond donors (Lipinski definition) is 1. The summed E-state index contributed by atoms with van der Waals surface area (Å²) >= 11 is 1.27. The first-order valence-electron chi connectivity index (χ1n) is 9.57. The molecule has 9 heteroatoms. The van der Waals surface area contributed by atoms with Crippen LogP contribution in [0.2, 0.25) is 0 Å². The number of esters is 1. The Hall–Kier alpha value is -3.09. The number of nitriles is 1. The summed E-state index contributed by atoms with van der Waals surface area (Å²) in [6.45, 7) is 8.29. The Kier molecular flexibility index (Phi) is 6.92. The van der Waals surface area contributed by atoms with Crippen molar-refractivity contribution in [1.29, 1.82) is 5.26 Å². The third-order valence-electron chi connectivity index (χ3n) is 4.68. The summed E-state index contributed by atoms with van der Waals surface area (Å²) in [5.74, 6) is -0.0596. The smallest absolute Gasteiger partial charge is 0.341 e. The van der Waals surface area contributed by atoms with Gasteiger partial charge in [0, 0.05) is 30.1 Å². The highest BCUT2D eigenvalue weighted by atomic mass is 32.1. The Labute approximate surface area is 178 Å². The van der Waals surface area contributed by atoms with E-state index in [1.54, 1.807) is 26.0 Å². The van der Waals surface area contributed by atoms with Crippen LogP contribution in [0.15, 0.2) is 22.1 Å². The molecule has 0 aromatic carbocycles. The van der Waals surface area contributed by atoms with E-state index in [1.807, 2.05) is 17.9 Å². The first kappa shape index (κ1) is 21.6. The van der Waals surface area contributed by atoms with Crippen LogP contribution in [-0.4, -0.2) is 44.8 Å². The number of rotatable bonds is 6. The Morgan fingerprint density at radius 2 is 2.07 bits per heavy atom. The van der Waals surface area contributed by atoms with Crippen molar-refractivity contribution in [3.05, 3.63) is 39.5 Å². The number of nitrogens with zero attached hydrogens (tertiary/aromatic N) is 2. The van der Waals surface area contributed by atoms with E-state index in [2.05, 4.69) is 5.32 Å². The minimum absolute atomic E-state index is 0.128. The molecule has 1 amide bonds. The van der Waals surface area contributed by atoms with E-state index in [9.17, 15) is 14.9 Å². The molecule has 0 saturated carbocycles. The molecule has 1 N–H and O–H groups in total. The van der Waals surface area contributed by atoms with Gasteiger partial charge >= 0.3 is 5.97 Å². The number of carbonyl (C=O) groups is 2. The van der Waals surface area contributed by atoms with Crippen LogP contribution in [0.4, 0.5) is 10.9 Å². The second-order valence-corrected chi connectivity index (χ2v) is 7.83. The molecule has 1 fully saturated rings. The first-order chi connectivity index (χ1) is 14.4. The number of furan rings is 1. The van der Waals surface area contributed by atoms with Gasteiger partial charge in [-0.25, -0.2) is 4.79 Å². The van der Waals surface area contributed by atoms with Crippen molar-refractivity contribution in [1.82, 2.24) is 0 Å². The maximum Gasteiger partial charge on any atom is 0.341 e. The van der Waals surface area contributed by atoms with Crippen molar-refractivity contribution in [3.63, 3.8) is 0 Å². The second-order valence-electron chi connectivity index (χ2n) is 6.61. The molecule has 2 aromatic heterocycles. The van der Waals surface area contributed by atoms with Crippen molar-refractivity contribution >= 4 is 40.2 Å². The standard InChI is InChI=1S/C21H23N3O5S/c1-4-28-21(26)18-13(2)14(3)30-20(18)23-19(25)15(12-22)11-16-5-6-17(29-16)24-7-9-27-10-8-24/h5-6,11H,4,7-10H2,1-3H3,(H,23,25). The monoisotopic (exact) mass is 429 g/mol. The number of morpholine rings is 1. The van der Waals surface area contributed by atoms with Crippen LogP contribution in [0.5, 0.6) is 0 Å². The van der Waals surface area contributed by atoms with Crippen LogP contribution in [0, 0.1) is 25.2 Å². The maximum absolute atomic E-state index is 12.7. The quantitative estimate of drug-likeness (QED) is 0.425. The highest BCUT2D eigenvalue weighted by molar-refractivity contribution is 7.16. The zero-order valence-corrected chi connectivity index (χ0v) is 17.9. The Morgan fingerprint density at radius 1 is 1.33 bits per heavy atom. The average molecular weight is 429 g/mol. The molecule has 1 aliphatic rings. The fraction of sp³-hybridized carbons (Fsp3) is 0.381. The van der Waals surface area contributed by atoms with E-state index in [0.29, 0.717) is 35.4 Å². The van der Waals surface area contributed by atoms with Crippen molar-refractivity contribution in [2.75, 3.05) is 43.1 Å². The number of thiophene rings is 1. The number of aryl methyl sites for hydroxylation is 1. The van der Waals surface area contributed by atoms with Gasteiger partial charge in [-0.3, -0.25) is 4.79 Å². The lowest BCUT2D eigenvalue weighted by Crippen LogP contribution is -2.35. The van der Waals surface area contributed by atoms with Crippen LogP contribution < -0.4 is 10.2 Å². The Morgan fingerprint density at radius 3 is 2.73 bits per heavy atom. The Bertz CT molecular complexity index is 1010. The molecule has 0 spiro atoms. The zero-order chi connectivity index (χ0) is 21.7. The van der Waals surface area contributed by atoms with E-state index in [0.717, 1.165) is 23.5 Å². The molecule has 0 atom stereocenters. The van der Waals surface area contributed by atoms with Crippen LogP contribution >= 0.6 is 11.3 Å². The Balaban J connectivity index is 1.79. The van der Waals surface area contributed by atoms with Gasteiger partial charge in [0.1, 0.15) is 22.4 Å². The lowest BCUT2D eigenvalue weighted by atomic mass is 10.1. The molecule has 8 nitrogen and oxygen atoms in total. The topological polar surface area (TPSA) is 105 Å². The van der Waals surface area contributed by atoms with Crippen molar-refractivity contribution in [2.24, 2.45) is 0 Å². The molecular formula is C21H23N3O5S. The van der Waals surface area contributed by atoms with Crippen LogP contribution in [0.1, 0.15) is 33.5 Å². The molecule has 3 rings (SSSR count). The van der Waals surface area contributed by atoms with E-state index in [1.165, 1.54) is 17.4 Å². The lowest BCUT2D eigenvalue weighted by molar-refractivity contribution is -0.112. The fourth-order valence-electron chi connectivity index (χ4n) is 3.00. The minimum atomic E-state index is -0.617. The molecule has 1 saturated heterocycles. The summed E-state index contributed by atoms with van der Waals surface area (Å²) in [6.07, 6.45) is 1.39. The summed E-state index contributed by atoms with van der Waals surface area (Å²) < 4.78 is 16.2. The van der Waals surface area contributed by atoms with Gasteiger partial charge in [-0.05, 0) is 32.4 Å². The molecule has 3 heterocycles. The molecule has 30 heavy (non-hydrogen) atoms. The van der Waals surface area contributed by atoms with Crippen molar-refractivity contribution in [3.8, 4) is 6.07 Å². The highest BCUT2D eigenvalue weighted by Gasteiger charge is 2.23. The lowest BCUT2D eigenvalue weighted by Gasteiger charge is -2.26. The molecule has 1 aliphatic heterocycles. The van der Waals surface area contributed by atoms with E-state index in [4.69, 9.17) is 13.9 Å². The van der Waals surface area contributed by atoms with E-state index >= 15 is 0 Å². The van der Waals surface area contributed by atoms with Crippen LogP contribution in [0.25, 0.3) is 6.08 Å². The van der Waals surface area contributed by atoms with Crippen molar-refractivity contribution in [2.45, 2.75) is 20.8 Å². The van der Waals surface area contributed by atoms with E-state index < -0.39 is 11.9 Å². The van der Waals surface area contributed by atoms with Gasteiger partial charge in [-0.15, -0.1) is 11.3 Å². The van der Waals surface area contributed by atoms with Gasteiger partial charge in [-0.1, -0.05) is 0 Å². The molecule has 0 aliphatic carbocycles. The summed E-state index contributed by atoms with van der Waals surface area (Å²) in [5, 5.41) is 12.5. The van der Waals surface area contributed by atoms with Crippen LogP contribution in [0.3, 0.4) is 0 Å². The number of ether oxygens (including phenoxy) is 2. The first-order valence-corrected chi connectivity index (χ1v) is 10.4. The maximum atomic E-state index is 12.7. The highest BCUT2D eigenvalue weighted by Crippen LogP contribution is 2.33. The second kappa shape index (κ2) is 9.61. The van der Waals surface area contributed by atoms with Gasteiger partial charge in [0.2, 0.25) is 0 Å². The van der Waals surface area contributed by atoms with Gasteiger partial charge in [0.05, 0.1) is 25.4 Å². The number of hydrogen-bond acceptors (Lipinski definition) is 8. The van der Waals surface area contributed by atoms with Gasteiger partial charge in [-0.2, -0.15) is 5.26 Å². The predicted molar refractivity (Wildman–Crippen MR) is 114 cm³/mol. The number of anilines is 2. The third kappa shape index (κ3) is 4.72. The number of carbonyl (C=O) groups excluding carboxylic acids is 2.